The Bertz CT molecular complexity index is 833. The summed E-state index contributed by atoms with van der Waals surface area (Å²) < 4.78 is 6.75. The van der Waals surface area contributed by atoms with Gasteiger partial charge in [-0.15, -0.1) is 0 Å². The van der Waals surface area contributed by atoms with Crippen molar-refractivity contribution in [3.63, 3.8) is 0 Å². The molecular weight excluding hydrogens is 325 g/mol. The molecule has 0 spiro atoms. The van der Waals surface area contributed by atoms with Gasteiger partial charge in [0.1, 0.15) is 5.65 Å². The Kier molecular flexibility index (Phi) is 4.18. The molecule has 0 unspecified atom stereocenters. The van der Waals surface area contributed by atoms with Gasteiger partial charge in [0.15, 0.2) is 0 Å². The fraction of sp³-hybridized carbons (Fsp3) is 0.0667. The molecule has 3 rings (SSSR count). The molecule has 0 saturated heterocycles. The third kappa shape index (κ3) is 2.86. The second-order valence-electron chi connectivity index (χ2n) is 4.51. The zero-order valence-corrected chi connectivity index (χ0v) is 12.8. The van der Waals surface area contributed by atoms with Gasteiger partial charge in [-0.1, -0.05) is 29.3 Å². The molecule has 3 aromatic rings. The van der Waals surface area contributed by atoms with Gasteiger partial charge >= 0.3 is 0 Å². The Morgan fingerprint density at radius 3 is 2.91 bits per heavy atom. The lowest BCUT2D eigenvalue weighted by molar-refractivity contribution is -0.120. The molecule has 0 saturated carbocycles. The highest BCUT2D eigenvalue weighted by Gasteiger charge is 2.10. The minimum absolute atomic E-state index is 0.370. The van der Waals surface area contributed by atoms with Crippen molar-refractivity contribution in [2.75, 3.05) is 5.32 Å². The number of benzene rings is 1. The molecule has 0 atom stereocenters. The topological polar surface area (TPSA) is 55.6 Å². The molecule has 0 amide bonds. The predicted octanol–water partition coefficient (Wildman–Crippen LogP) is 3.79. The number of nitrogens with zero attached hydrogens (tertiary/aromatic N) is 2. The third-order valence-electron chi connectivity index (χ3n) is 3.16. The maximum Gasteiger partial charge on any atom is 0.299 e. The van der Waals surface area contributed by atoms with Gasteiger partial charge in [-0.3, -0.25) is 9.20 Å². The highest BCUT2D eigenvalue weighted by molar-refractivity contribution is 6.35. The molecule has 0 aliphatic heterocycles. The van der Waals surface area contributed by atoms with Crippen LogP contribution in [0.3, 0.4) is 0 Å². The second-order valence-corrected chi connectivity index (χ2v) is 5.35. The summed E-state index contributed by atoms with van der Waals surface area (Å²) in [5, 5.41) is 4.35. The van der Waals surface area contributed by atoms with E-state index in [1.54, 1.807) is 35.0 Å². The standard InChI is InChI=1S/C15H11Cl2N3O2/c16-11-2-1-10(12(17)7-11)8-19-13-3-4-14-18-5-6-20(14)15(13)22-9-21/h1-7,9,19H,8H2. The number of nitrogens with one attached hydrogen (secondary N) is 1. The summed E-state index contributed by atoms with van der Waals surface area (Å²) in [6.45, 7) is 0.848. The number of rotatable bonds is 5. The zero-order chi connectivity index (χ0) is 15.5. The van der Waals surface area contributed by atoms with Gasteiger partial charge in [0.2, 0.25) is 5.88 Å². The Hall–Kier alpha value is -2.24. The molecule has 0 radical (unpaired) electrons. The summed E-state index contributed by atoms with van der Waals surface area (Å²) >= 11 is 12.0. The van der Waals surface area contributed by atoms with Gasteiger partial charge in [0, 0.05) is 29.0 Å². The van der Waals surface area contributed by atoms with Crippen LogP contribution in [0.4, 0.5) is 5.69 Å². The molecule has 0 aliphatic carbocycles. The van der Waals surface area contributed by atoms with Crippen LogP contribution >= 0.6 is 23.2 Å². The van der Waals surface area contributed by atoms with Gasteiger partial charge in [0.25, 0.3) is 6.47 Å². The van der Waals surface area contributed by atoms with Gasteiger partial charge in [-0.25, -0.2) is 4.98 Å². The number of pyridine rings is 1. The van der Waals surface area contributed by atoms with Crippen LogP contribution in [0.2, 0.25) is 10.0 Å². The molecule has 7 heteroatoms. The first kappa shape index (κ1) is 14.7. The molecular formula is C15H11Cl2N3O2. The number of anilines is 1. The second kappa shape index (κ2) is 6.25. The van der Waals surface area contributed by atoms with Crippen molar-refractivity contribution >= 4 is 41.0 Å². The fourth-order valence-corrected chi connectivity index (χ4v) is 2.60. The van der Waals surface area contributed by atoms with E-state index >= 15 is 0 Å². The number of carbonyl (C=O) groups excluding carboxylic acids is 1. The summed E-state index contributed by atoms with van der Waals surface area (Å²) in [6, 6.07) is 8.91. The lowest BCUT2D eigenvalue weighted by Crippen LogP contribution is -2.05. The summed E-state index contributed by atoms with van der Waals surface area (Å²) in [5.74, 6) is 0.370. The number of aromatic nitrogens is 2. The van der Waals surface area contributed by atoms with Crippen molar-refractivity contribution < 1.29 is 9.53 Å². The summed E-state index contributed by atoms with van der Waals surface area (Å²) in [4.78, 5) is 14.9. The molecule has 0 fully saturated rings. The van der Waals surface area contributed by atoms with Crippen molar-refractivity contribution in [3.05, 3.63) is 58.3 Å². The van der Waals surface area contributed by atoms with Crippen LogP contribution < -0.4 is 10.1 Å². The van der Waals surface area contributed by atoms with Crippen molar-refractivity contribution in [2.24, 2.45) is 0 Å². The van der Waals surface area contributed by atoms with Crippen LogP contribution in [0.25, 0.3) is 5.65 Å². The summed E-state index contributed by atoms with van der Waals surface area (Å²) in [7, 11) is 0. The van der Waals surface area contributed by atoms with Crippen LogP contribution in [-0.4, -0.2) is 15.9 Å². The van der Waals surface area contributed by atoms with Crippen LogP contribution in [0.1, 0.15) is 5.56 Å². The first-order valence-corrected chi connectivity index (χ1v) is 7.19. The zero-order valence-electron chi connectivity index (χ0n) is 11.3. The molecule has 0 aliphatic rings. The van der Waals surface area contributed by atoms with Crippen LogP contribution in [-0.2, 0) is 11.3 Å². The molecule has 2 heterocycles. The Morgan fingerprint density at radius 1 is 1.27 bits per heavy atom. The lowest BCUT2D eigenvalue weighted by Gasteiger charge is -2.12. The number of halogens is 2. The molecule has 22 heavy (non-hydrogen) atoms. The van der Waals surface area contributed by atoms with Crippen molar-refractivity contribution in [2.45, 2.75) is 6.54 Å². The molecule has 112 valence electrons. The number of imidazole rings is 1. The van der Waals surface area contributed by atoms with E-state index < -0.39 is 0 Å². The lowest BCUT2D eigenvalue weighted by atomic mass is 10.2. The van der Waals surface area contributed by atoms with E-state index in [-0.39, 0.29) is 0 Å². The summed E-state index contributed by atoms with van der Waals surface area (Å²) in [5.41, 5.74) is 2.23. The average molecular weight is 336 g/mol. The van der Waals surface area contributed by atoms with Gasteiger partial charge in [-0.2, -0.15) is 0 Å². The molecule has 1 aromatic carbocycles. The Morgan fingerprint density at radius 2 is 2.14 bits per heavy atom. The van der Waals surface area contributed by atoms with Crippen LogP contribution in [0.5, 0.6) is 5.88 Å². The van der Waals surface area contributed by atoms with Crippen molar-refractivity contribution in [3.8, 4) is 5.88 Å². The first-order chi connectivity index (χ1) is 10.7. The first-order valence-electron chi connectivity index (χ1n) is 6.43. The highest BCUT2D eigenvalue weighted by Crippen LogP contribution is 2.27. The van der Waals surface area contributed by atoms with Gasteiger partial charge in [0.05, 0.1) is 5.69 Å². The molecule has 5 nitrogen and oxygen atoms in total. The van der Waals surface area contributed by atoms with Gasteiger partial charge in [-0.05, 0) is 29.8 Å². The number of ether oxygens (including phenoxy) is 1. The number of hydrogen-bond donors (Lipinski definition) is 1. The molecule has 1 N–H and O–H groups in total. The minimum Gasteiger partial charge on any atom is -0.409 e. The maximum atomic E-state index is 10.7. The van der Waals surface area contributed by atoms with E-state index in [0.717, 1.165) is 5.56 Å². The predicted molar refractivity (Wildman–Crippen MR) is 85.7 cm³/mol. The van der Waals surface area contributed by atoms with Crippen molar-refractivity contribution in [1.29, 1.82) is 0 Å². The minimum atomic E-state index is 0.370. The summed E-state index contributed by atoms with van der Waals surface area (Å²) in [6.07, 6.45) is 3.35. The SMILES string of the molecule is O=COc1c(NCc2ccc(Cl)cc2Cl)ccc2nccn12. The number of hydrogen-bond acceptors (Lipinski definition) is 4. The number of fused-ring (bicyclic) bond motifs is 1. The molecule has 0 bridgehead atoms. The normalized spacial score (nSPS) is 10.6. The van der Waals surface area contributed by atoms with E-state index in [9.17, 15) is 4.79 Å². The smallest absolute Gasteiger partial charge is 0.299 e. The largest absolute Gasteiger partial charge is 0.409 e. The monoisotopic (exact) mass is 335 g/mol. The highest BCUT2D eigenvalue weighted by atomic mass is 35.5. The number of carbonyl (C=O) groups is 1. The van der Waals surface area contributed by atoms with E-state index in [0.29, 0.717) is 40.3 Å². The molecule has 2 aromatic heterocycles. The maximum absolute atomic E-state index is 10.7. The average Bonchev–Trinajstić information content (AvgIpc) is 2.97. The van der Waals surface area contributed by atoms with E-state index in [1.807, 2.05) is 12.1 Å². The van der Waals surface area contributed by atoms with Crippen LogP contribution in [0, 0.1) is 0 Å². The van der Waals surface area contributed by atoms with Crippen LogP contribution in [0.15, 0.2) is 42.7 Å². The van der Waals surface area contributed by atoms with Crippen molar-refractivity contribution in [1.82, 2.24) is 9.38 Å². The quantitative estimate of drug-likeness (QED) is 0.721. The van der Waals surface area contributed by atoms with Gasteiger partial charge < -0.3 is 10.1 Å². The third-order valence-corrected chi connectivity index (χ3v) is 3.75. The van der Waals surface area contributed by atoms with E-state index in [1.165, 1.54) is 0 Å². The Labute approximate surface area is 136 Å². The van der Waals surface area contributed by atoms with E-state index in [2.05, 4.69) is 10.3 Å². The fourth-order valence-electron chi connectivity index (χ4n) is 2.12. The Balaban J connectivity index is 1.89. The van der Waals surface area contributed by atoms with E-state index in [4.69, 9.17) is 27.9 Å².